The van der Waals surface area contributed by atoms with E-state index in [4.69, 9.17) is 4.42 Å². The highest BCUT2D eigenvalue weighted by Crippen LogP contribution is 2.42. The van der Waals surface area contributed by atoms with E-state index < -0.39 is 15.1 Å². The molecule has 0 aromatic carbocycles. The molecular weight excluding hydrogens is 240 g/mol. The molecule has 0 aliphatic carbocycles. The van der Waals surface area contributed by atoms with Gasteiger partial charge in [-0.25, -0.2) is 8.42 Å². The largest absolute Gasteiger partial charge is 0.461 e. The van der Waals surface area contributed by atoms with Gasteiger partial charge < -0.3 is 4.42 Å². The van der Waals surface area contributed by atoms with Crippen molar-refractivity contribution in [3.05, 3.63) is 23.2 Å². The van der Waals surface area contributed by atoms with Crippen LogP contribution in [0.3, 0.4) is 0 Å². The molecule has 1 unspecified atom stereocenters. The first kappa shape index (κ1) is 12.4. The molecule has 1 aliphatic heterocycles. The Kier molecular flexibility index (Phi) is 3.12. The summed E-state index contributed by atoms with van der Waals surface area (Å²) in [7, 11) is -3.14. The van der Waals surface area contributed by atoms with Gasteiger partial charge in [-0.05, 0) is 6.42 Å². The number of carbonyl (C=O) groups is 1. The van der Waals surface area contributed by atoms with Crippen molar-refractivity contribution in [2.24, 2.45) is 0 Å². The lowest BCUT2D eigenvalue weighted by Crippen LogP contribution is -2.09. The summed E-state index contributed by atoms with van der Waals surface area (Å²) >= 11 is 0. The van der Waals surface area contributed by atoms with Crippen molar-refractivity contribution in [2.45, 2.75) is 44.1 Å². The second-order valence-electron chi connectivity index (χ2n) is 4.50. The van der Waals surface area contributed by atoms with Crippen LogP contribution in [0.2, 0.25) is 0 Å². The third-order valence-electron chi connectivity index (χ3n) is 3.16. The molecule has 0 N–H and O–H groups in total. The molecule has 94 valence electrons. The Morgan fingerprint density at radius 2 is 2.24 bits per heavy atom. The number of ketones is 1. The van der Waals surface area contributed by atoms with Gasteiger partial charge in [-0.2, -0.15) is 0 Å². The molecule has 17 heavy (non-hydrogen) atoms. The predicted octanol–water partition coefficient (Wildman–Crippen LogP) is 2.64. The summed E-state index contributed by atoms with van der Waals surface area (Å²) in [6.45, 7) is 3.42. The maximum atomic E-state index is 12.0. The minimum absolute atomic E-state index is 0.00743. The lowest BCUT2D eigenvalue weighted by Gasteiger charge is -2.10. The quantitative estimate of drug-likeness (QED) is 0.777. The smallest absolute Gasteiger partial charge is 0.195 e. The van der Waals surface area contributed by atoms with Gasteiger partial charge >= 0.3 is 0 Å². The number of sulfone groups is 1. The zero-order chi connectivity index (χ0) is 12.6. The number of fused-ring (bicyclic) bond motifs is 1. The fraction of sp³-hybridized carbons (Fsp3) is 0.583. The molecule has 0 bridgehead atoms. The maximum absolute atomic E-state index is 12.0. The van der Waals surface area contributed by atoms with Crippen molar-refractivity contribution >= 4 is 15.6 Å². The molecule has 0 saturated heterocycles. The first-order valence-electron chi connectivity index (χ1n) is 5.80. The third-order valence-corrected chi connectivity index (χ3v) is 5.21. The minimum atomic E-state index is -3.14. The maximum Gasteiger partial charge on any atom is 0.195 e. The van der Waals surface area contributed by atoms with E-state index in [1.165, 1.54) is 13.2 Å². The summed E-state index contributed by atoms with van der Waals surface area (Å²) in [5, 5.41) is -0.546. The van der Waals surface area contributed by atoms with Crippen LogP contribution in [-0.2, 0) is 15.6 Å². The van der Waals surface area contributed by atoms with Crippen LogP contribution in [0.15, 0.2) is 10.7 Å². The number of rotatable bonds is 4. The molecular formula is C12H16O4S. The lowest BCUT2D eigenvalue weighted by molar-refractivity contribution is 0.0986. The van der Waals surface area contributed by atoms with Crippen molar-refractivity contribution < 1.29 is 17.6 Å². The van der Waals surface area contributed by atoms with Gasteiger partial charge in [0.25, 0.3) is 0 Å². The van der Waals surface area contributed by atoms with E-state index in [1.807, 2.05) is 6.92 Å². The van der Waals surface area contributed by atoms with Gasteiger partial charge in [-0.3, -0.25) is 4.79 Å². The molecule has 1 atom stereocenters. The van der Waals surface area contributed by atoms with Crippen LogP contribution in [0.1, 0.15) is 60.0 Å². The summed E-state index contributed by atoms with van der Waals surface area (Å²) in [5.41, 5.74) is 1.28. The zero-order valence-corrected chi connectivity index (χ0v) is 10.8. The SMILES string of the molecule is CCCCC1c2c(coc2C(C)=O)CS1(=O)=O. The second-order valence-corrected chi connectivity index (χ2v) is 6.68. The zero-order valence-electron chi connectivity index (χ0n) is 10.0. The highest BCUT2D eigenvalue weighted by Gasteiger charge is 2.40. The third kappa shape index (κ3) is 2.04. The average molecular weight is 256 g/mol. The molecule has 2 heterocycles. The predicted molar refractivity (Wildman–Crippen MR) is 63.6 cm³/mol. The number of hydrogen-bond donors (Lipinski definition) is 0. The Morgan fingerprint density at radius 3 is 2.82 bits per heavy atom. The molecule has 0 saturated carbocycles. The van der Waals surface area contributed by atoms with Gasteiger partial charge in [0.1, 0.15) is 0 Å². The van der Waals surface area contributed by atoms with Gasteiger partial charge in [0.05, 0.1) is 17.3 Å². The summed E-state index contributed by atoms with van der Waals surface area (Å²) in [4.78, 5) is 11.4. The standard InChI is InChI=1S/C12H16O4S/c1-3-4-5-10-11-9(7-17(10,14)15)6-16-12(11)8(2)13/h6,10H,3-5,7H2,1-2H3. The molecule has 0 fully saturated rings. The number of unbranched alkanes of at least 4 members (excludes halogenated alkanes) is 1. The van der Waals surface area contributed by atoms with Crippen molar-refractivity contribution in [1.29, 1.82) is 0 Å². The molecule has 2 rings (SSSR count). The van der Waals surface area contributed by atoms with Gasteiger partial charge in [-0.1, -0.05) is 19.8 Å². The van der Waals surface area contributed by atoms with Crippen molar-refractivity contribution in [1.82, 2.24) is 0 Å². The molecule has 0 spiro atoms. The van der Waals surface area contributed by atoms with Crippen LogP contribution in [0.5, 0.6) is 0 Å². The van der Waals surface area contributed by atoms with E-state index in [9.17, 15) is 13.2 Å². The topological polar surface area (TPSA) is 64.3 Å². The van der Waals surface area contributed by atoms with E-state index in [-0.39, 0.29) is 17.3 Å². The summed E-state index contributed by atoms with van der Waals surface area (Å²) in [6, 6.07) is 0. The van der Waals surface area contributed by atoms with E-state index in [0.29, 0.717) is 17.5 Å². The minimum Gasteiger partial charge on any atom is -0.461 e. The average Bonchev–Trinajstić information content (AvgIpc) is 2.70. The molecule has 5 heteroatoms. The summed E-state index contributed by atoms with van der Waals surface area (Å²) < 4.78 is 29.2. The molecule has 1 aliphatic rings. The second kappa shape index (κ2) is 4.29. The summed E-state index contributed by atoms with van der Waals surface area (Å²) in [5.74, 6) is 0.0278. The highest BCUT2D eigenvalue weighted by atomic mass is 32.2. The Bertz CT molecular complexity index is 539. The molecule has 0 amide bonds. The van der Waals surface area contributed by atoms with Crippen LogP contribution < -0.4 is 0 Å². The fourth-order valence-electron chi connectivity index (χ4n) is 2.35. The number of Topliss-reactive ketones (excluding diaryl/α,β-unsaturated/α-hetero) is 1. The van der Waals surface area contributed by atoms with Gasteiger partial charge in [0.2, 0.25) is 0 Å². The van der Waals surface area contributed by atoms with E-state index in [0.717, 1.165) is 12.8 Å². The Hall–Kier alpha value is -1.10. The number of carbonyl (C=O) groups excluding carboxylic acids is 1. The van der Waals surface area contributed by atoms with Crippen LogP contribution in [0.4, 0.5) is 0 Å². The number of hydrogen-bond acceptors (Lipinski definition) is 4. The fourth-order valence-corrected chi connectivity index (χ4v) is 4.35. The highest BCUT2D eigenvalue weighted by molar-refractivity contribution is 7.91. The van der Waals surface area contributed by atoms with Crippen LogP contribution in [0.25, 0.3) is 0 Å². The van der Waals surface area contributed by atoms with E-state index in [2.05, 4.69) is 0 Å². The molecule has 1 aromatic rings. The normalized spacial score (nSPS) is 21.4. The Morgan fingerprint density at radius 1 is 1.53 bits per heavy atom. The Labute approximate surface area is 101 Å². The van der Waals surface area contributed by atoms with Crippen LogP contribution in [0, 0.1) is 0 Å². The van der Waals surface area contributed by atoms with E-state index in [1.54, 1.807) is 0 Å². The van der Waals surface area contributed by atoms with Crippen LogP contribution in [-0.4, -0.2) is 14.2 Å². The molecule has 0 radical (unpaired) electrons. The molecule has 1 aromatic heterocycles. The van der Waals surface area contributed by atoms with Crippen LogP contribution >= 0.6 is 0 Å². The van der Waals surface area contributed by atoms with E-state index >= 15 is 0 Å². The lowest BCUT2D eigenvalue weighted by atomic mass is 10.0. The molecule has 4 nitrogen and oxygen atoms in total. The Balaban J connectivity index is 2.45. The van der Waals surface area contributed by atoms with Gasteiger partial charge in [-0.15, -0.1) is 0 Å². The van der Waals surface area contributed by atoms with Gasteiger partial charge in [0, 0.05) is 18.1 Å². The van der Waals surface area contributed by atoms with Gasteiger partial charge in [0.15, 0.2) is 21.4 Å². The number of furan rings is 1. The van der Waals surface area contributed by atoms with Crippen molar-refractivity contribution in [3.8, 4) is 0 Å². The summed E-state index contributed by atoms with van der Waals surface area (Å²) in [6.07, 6.45) is 3.77. The van der Waals surface area contributed by atoms with Crippen molar-refractivity contribution in [3.63, 3.8) is 0 Å². The van der Waals surface area contributed by atoms with Crippen molar-refractivity contribution in [2.75, 3.05) is 0 Å². The monoisotopic (exact) mass is 256 g/mol. The first-order valence-corrected chi connectivity index (χ1v) is 7.51. The first-order chi connectivity index (χ1) is 7.97.